The van der Waals surface area contributed by atoms with Gasteiger partial charge in [-0.1, -0.05) is 17.7 Å². The Labute approximate surface area is 87.3 Å². The highest BCUT2D eigenvalue weighted by atomic mass is 32.2. The first-order chi connectivity index (χ1) is 6.72. The minimum atomic E-state index is 0.158. The Bertz CT molecular complexity index is 452. The molecule has 1 heterocycles. The van der Waals surface area contributed by atoms with Crippen LogP contribution < -0.4 is 0 Å². The van der Waals surface area contributed by atoms with Gasteiger partial charge in [-0.05, 0) is 37.0 Å². The number of aryl methyl sites for hydroxylation is 2. The van der Waals surface area contributed by atoms with Crippen LogP contribution in [0.2, 0.25) is 0 Å². The Hall–Kier alpha value is -1.07. The molecule has 0 radical (unpaired) electrons. The molecule has 1 atom stereocenters. The SMILES string of the molecule is Cc1ccc2c(c1)C(C#N)=S(C)CC2. The van der Waals surface area contributed by atoms with Crippen molar-refractivity contribution in [3.8, 4) is 6.07 Å². The van der Waals surface area contributed by atoms with E-state index in [2.05, 4.69) is 37.4 Å². The molecule has 1 nitrogen and oxygen atoms in total. The third-order valence-corrected chi connectivity index (χ3v) is 4.46. The summed E-state index contributed by atoms with van der Waals surface area (Å²) in [5, 5.41) is 9.12. The number of hydrogen-bond donors (Lipinski definition) is 0. The van der Waals surface area contributed by atoms with E-state index in [1.165, 1.54) is 16.7 Å². The van der Waals surface area contributed by atoms with Gasteiger partial charge in [0.2, 0.25) is 0 Å². The first-order valence-corrected chi connectivity index (χ1v) is 6.52. The first kappa shape index (κ1) is 9.48. The number of benzene rings is 1. The van der Waals surface area contributed by atoms with Crippen LogP contribution in [-0.4, -0.2) is 16.9 Å². The van der Waals surface area contributed by atoms with Crippen LogP contribution in [0.25, 0.3) is 0 Å². The molecule has 0 N–H and O–H groups in total. The number of fused-ring (bicyclic) bond motifs is 1. The molecule has 1 aromatic rings. The summed E-state index contributed by atoms with van der Waals surface area (Å²) in [6.45, 7) is 2.08. The number of hydrogen-bond acceptors (Lipinski definition) is 1. The van der Waals surface area contributed by atoms with E-state index in [9.17, 15) is 0 Å². The van der Waals surface area contributed by atoms with E-state index in [1.807, 2.05) is 0 Å². The topological polar surface area (TPSA) is 23.8 Å². The van der Waals surface area contributed by atoms with Gasteiger partial charge in [0, 0.05) is 5.56 Å². The van der Waals surface area contributed by atoms with Gasteiger partial charge in [0.25, 0.3) is 0 Å². The summed E-state index contributed by atoms with van der Waals surface area (Å²) < 4.78 is 0. The molecule has 0 saturated carbocycles. The summed E-state index contributed by atoms with van der Waals surface area (Å²) in [5.74, 6) is 1.14. The second-order valence-electron chi connectivity index (χ2n) is 3.69. The van der Waals surface area contributed by atoms with E-state index in [4.69, 9.17) is 5.26 Å². The van der Waals surface area contributed by atoms with E-state index in [0.29, 0.717) is 0 Å². The third-order valence-electron chi connectivity index (χ3n) is 2.64. The van der Waals surface area contributed by atoms with Gasteiger partial charge < -0.3 is 0 Å². The average molecular weight is 203 g/mol. The Balaban J connectivity index is 2.65. The Morgan fingerprint density at radius 1 is 1.43 bits per heavy atom. The van der Waals surface area contributed by atoms with Crippen LogP contribution in [-0.2, 0) is 6.42 Å². The van der Waals surface area contributed by atoms with Crippen molar-refractivity contribution in [1.82, 2.24) is 0 Å². The van der Waals surface area contributed by atoms with Crippen LogP contribution in [0.1, 0.15) is 16.7 Å². The molecule has 0 aliphatic carbocycles. The van der Waals surface area contributed by atoms with Crippen molar-refractivity contribution in [2.24, 2.45) is 0 Å². The lowest BCUT2D eigenvalue weighted by molar-refractivity contribution is 1.14. The zero-order chi connectivity index (χ0) is 10.1. The molecule has 0 spiro atoms. The lowest BCUT2D eigenvalue weighted by atomic mass is 10.00. The lowest BCUT2D eigenvalue weighted by Gasteiger charge is -2.18. The molecular weight excluding hydrogens is 190 g/mol. The van der Waals surface area contributed by atoms with Crippen LogP contribution in [0.4, 0.5) is 0 Å². The van der Waals surface area contributed by atoms with Crippen LogP contribution in [0.15, 0.2) is 18.2 Å². The van der Waals surface area contributed by atoms with E-state index in [1.54, 1.807) is 0 Å². The van der Waals surface area contributed by atoms with Gasteiger partial charge >= 0.3 is 0 Å². The second-order valence-corrected chi connectivity index (χ2v) is 5.78. The molecule has 1 aromatic carbocycles. The lowest BCUT2D eigenvalue weighted by Crippen LogP contribution is -2.11. The van der Waals surface area contributed by atoms with Crippen molar-refractivity contribution >= 4 is 15.3 Å². The third kappa shape index (κ3) is 1.49. The van der Waals surface area contributed by atoms with Crippen LogP contribution in [0, 0.1) is 18.3 Å². The van der Waals surface area contributed by atoms with Gasteiger partial charge in [-0.25, -0.2) is 0 Å². The predicted octanol–water partition coefficient (Wildman–Crippen LogP) is 2.49. The van der Waals surface area contributed by atoms with Gasteiger partial charge in [-0.2, -0.15) is 15.7 Å². The van der Waals surface area contributed by atoms with E-state index < -0.39 is 0 Å². The summed E-state index contributed by atoms with van der Waals surface area (Å²) >= 11 is 0. The largest absolute Gasteiger partial charge is 0.192 e. The molecule has 1 aliphatic heterocycles. The Morgan fingerprint density at radius 2 is 2.21 bits per heavy atom. The van der Waals surface area contributed by atoms with Gasteiger partial charge in [-0.3, -0.25) is 0 Å². The van der Waals surface area contributed by atoms with E-state index >= 15 is 0 Å². The summed E-state index contributed by atoms with van der Waals surface area (Å²) in [5.41, 5.74) is 3.79. The van der Waals surface area contributed by atoms with Crippen molar-refractivity contribution in [1.29, 1.82) is 5.26 Å². The molecule has 1 aliphatic rings. The van der Waals surface area contributed by atoms with Crippen LogP contribution in [0.5, 0.6) is 0 Å². The molecule has 0 aromatic heterocycles. The molecule has 2 rings (SSSR count). The summed E-state index contributed by atoms with van der Waals surface area (Å²) in [7, 11) is 0.158. The van der Waals surface area contributed by atoms with Gasteiger partial charge in [0.15, 0.2) is 0 Å². The normalized spacial score (nSPS) is 20.1. The molecule has 0 saturated heterocycles. The maximum absolute atomic E-state index is 9.12. The fourth-order valence-electron chi connectivity index (χ4n) is 1.81. The van der Waals surface area contributed by atoms with Crippen molar-refractivity contribution < 1.29 is 0 Å². The highest BCUT2D eigenvalue weighted by Crippen LogP contribution is 2.26. The number of rotatable bonds is 0. The average Bonchev–Trinajstić information content (AvgIpc) is 2.17. The van der Waals surface area contributed by atoms with Gasteiger partial charge in [0.05, 0.1) is 4.86 Å². The number of nitrogens with zero attached hydrogens (tertiary/aromatic N) is 1. The molecule has 2 heteroatoms. The Morgan fingerprint density at radius 3 is 2.93 bits per heavy atom. The monoisotopic (exact) mass is 203 g/mol. The smallest absolute Gasteiger partial charge is 0.106 e. The van der Waals surface area contributed by atoms with Gasteiger partial charge in [-0.15, -0.1) is 0 Å². The van der Waals surface area contributed by atoms with Crippen LogP contribution in [0.3, 0.4) is 0 Å². The van der Waals surface area contributed by atoms with Crippen molar-refractivity contribution in [3.05, 3.63) is 34.9 Å². The Kier molecular flexibility index (Phi) is 2.43. The molecule has 0 fully saturated rings. The maximum atomic E-state index is 9.12. The fourth-order valence-corrected chi connectivity index (χ4v) is 3.26. The molecule has 1 unspecified atom stereocenters. The predicted molar refractivity (Wildman–Crippen MR) is 63.0 cm³/mol. The number of nitriles is 1. The quantitative estimate of drug-likeness (QED) is 0.594. The molecule has 0 amide bonds. The zero-order valence-electron chi connectivity index (χ0n) is 8.50. The molecule has 72 valence electrons. The minimum Gasteiger partial charge on any atom is -0.192 e. The standard InChI is InChI=1S/C12H13NS/c1-9-3-4-10-5-6-14(2)12(8-13)11(10)7-9/h3-4,7H,5-6H2,1-2H3. The van der Waals surface area contributed by atoms with Crippen molar-refractivity contribution in [2.75, 3.05) is 12.0 Å². The summed E-state index contributed by atoms with van der Waals surface area (Å²) in [6, 6.07) is 8.81. The molecule has 0 bridgehead atoms. The van der Waals surface area contributed by atoms with Gasteiger partial charge in [0.1, 0.15) is 6.07 Å². The highest BCUT2D eigenvalue weighted by Gasteiger charge is 2.15. The second kappa shape index (κ2) is 3.59. The fraction of sp³-hybridized carbons (Fsp3) is 0.333. The zero-order valence-corrected chi connectivity index (χ0v) is 9.32. The summed E-state index contributed by atoms with van der Waals surface area (Å²) in [4.78, 5) is 0.995. The van der Waals surface area contributed by atoms with Crippen molar-refractivity contribution in [2.45, 2.75) is 13.3 Å². The maximum Gasteiger partial charge on any atom is 0.106 e. The highest BCUT2D eigenvalue weighted by molar-refractivity contribution is 8.16. The van der Waals surface area contributed by atoms with Crippen molar-refractivity contribution in [3.63, 3.8) is 0 Å². The minimum absolute atomic E-state index is 0.158. The van der Waals surface area contributed by atoms with Crippen LogP contribution >= 0.6 is 10.5 Å². The van der Waals surface area contributed by atoms with E-state index in [0.717, 1.165) is 17.0 Å². The molecule has 14 heavy (non-hydrogen) atoms. The molecular formula is C12H13NS. The first-order valence-electron chi connectivity index (χ1n) is 4.72. The summed E-state index contributed by atoms with van der Waals surface area (Å²) in [6.07, 6.45) is 3.30. The van der Waals surface area contributed by atoms with E-state index in [-0.39, 0.29) is 10.5 Å².